The molecule has 158 valence electrons. The van der Waals surface area contributed by atoms with Gasteiger partial charge in [-0.25, -0.2) is 9.67 Å². The summed E-state index contributed by atoms with van der Waals surface area (Å²) >= 11 is 6.27. The van der Waals surface area contributed by atoms with Crippen LogP contribution in [0, 0.1) is 5.92 Å². The first kappa shape index (κ1) is 20.5. The van der Waals surface area contributed by atoms with Gasteiger partial charge in [-0.1, -0.05) is 48.9 Å². The minimum absolute atomic E-state index is 0.0179. The van der Waals surface area contributed by atoms with E-state index in [9.17, 15) is 9.59 Å². The van der Waals surface area contributed by atoms with E-state index in [2.05, 4.69) is 15.3 Å². The molecule has 0 unspecified atom stereocenters. The number of hydrogen-bond acceptors (Lipinski definition) is 5. The molecule has 0 radical (unpaired) electrons. The molecule has 4 rings (SSSR count). The summed E-state index contributed by atoms with van der Waals surface area (Å²) < 4.78 is 1.60. The lowest BCUT2D eigenvalue weighted by molar-refractivity contribution is -0.133. The number of fused-ring (bicyclic) bond motifs is 1. The van der Waals surface area contributed by atoms with E-state index >= 15 is 0 Å². The van der Waals surface area contributed by atoms with Crippen LogP contribution in [0.1, 0.15) is 50.4 Å². The third-order valence-electron chi connectivity index (χ3n) is 5.41. The molecule has 0 aliphatic carbocycles. The number of carbonyl (C=O) groups excluding carboxylic acids is 1. The van der Waals surface area contributed by atoms with Crippen molar-refractivity contribution in [2.75, 3.05) is 13.1 Å². The number of rotatable bonds is 5. The Balaban J connectivity index is 1.63. The minimum atomic E-state index is -0.314. The maximum atomic E-state index is 12.6. The fourth-order valence-electron chi connectivity index (χ4n) is 3.88. The Morgan fingerprint density at radius 2 is 2.13 bits per heavy atom. The monoisotopic (exact) mass is 428 g/mol. The molecule has 0 saturated carbocycles. The molecule has 8 nitrogen and oxygen atoms in total. The number of amides is 1. The van der Waals surface area contributed by atoms with E-state index < -0.39 is 0 Å². The summed E-state index contributed by atoms with van der Waals surface area (Å²) in [6.07, 6.45) is 2.28. The summed E-state index contributed by atoms with van der Waals surface area (Å²) in [7, 11) is 0. The largest absolute Gasteiger partial charge is 0.342 e. The summed E-state index contributed by atoms with van der Waals surface area (Å²) in [6, 6.07) is 7.48. The van der Waals surface area contributed by atoms with Gasteiger partial charge in [-0.3, -0.25) is 9.59 Å². The Morgan fingerprint density at radius 3 is 2.90 bits per heavy atom. The molecule has 3 heterocycles. The molecule has 9 heteroatoms. The van der Waals surface area contributed by atoms with Crippen molar-refractivity contribution in [3.8, 4) is 0 Å². The summed E-state index contributed by atoms with van der Waals surface area (Å²) in [4.78, 5) is 34.6. The number of piperidine rings is 1. The van der Waals surface area contributed by atoms with Gasteiger partial charge < -0.3 is 9.88 Å². The van der Waals surface area contributed by atoms with Gasteiger partial charge in [-0.2, -0.15) is 0 Å². The first-order valence-electron chi connectivity index (χ1n) is 10.3. The average molecular weight is 429 g/mol. The van der Waals surface area contributed by atoms with Crippen molar-refractivity contribution >= 4 is 28.7 Å². The first-order valence-corrected chi connectivity index (χ1v) is 10.6. The van der Waals surface area contributed by atoms with Crippen LogP contribution in [0.3, 0.4) is 0 Å². The first-order chi connectivity index (χ1) is 14.4. The maximum absolute atomic E-state index is 12.6. The molecular weight excluding hydrogens is 404 g/mol. The van der Waals surface area contributed by atoms with Crippen LogP contribution in [0.4, 0.5) is 0 Å². The lowest BCUT2D eigenvalue weighted by Gasteiger charge is -2.32. The molecule has 1 amide bonds. The molecule has 3 aromatic rings. The number of hydrogen-bond donors (Lipinski definition) is 1. The zero-order chi connectivity index (χ0) is 21.3. The van der Waals surface area contributed by atoms with E-state index in [1.807, 2.05) is 43.0 Å². The van der Waals surface area contributed by atoms with Crippen molar-refractivity contribution in [2.24, 2.45) is 5.92 Å². The third-order valence-corrected chi connectivity index (χ3v) is 5.78. The smallest absolute Gasteiger partial charge is 0.281 e. The number of benzene rings is 1. The van der Waals surface area contributed by atoms with Crippen LogP contribution in [-0.2, 0) is 11.3 Å². The van der Waals surface area contributed by atoms with Gasteiger partial charge in [0, 0.05) is 30.5 Å². The number of carbonyl (C=O) groups is 1. The molecule has 1 fully saturated rings. The zero-order valence-corrected chi connectivity index (χ0v) is 17.9. The van der Waals surface area contributed by atoms with Crippen molar-refractivity contribution in [1.29, 1.82) is 0 Å². The summed E-state index contributed by atoms with van der Waals surface area (Å²) in [5.74, 6) is 1.04. The molecule has 1 aromatic carbocycles. The average Bonchev–Trinajstić information content (AvgIpc) is 3.13. The van der Waals surface area contributed by atoms with Crippen LogP contribution in [-0.4, -0.2) is 48.9 Å². The number of nitrogens with one attached hydrogen (secondary N) is 1. The third kappa shape index (κ3) is 4.23. The standard InChI is InChI=1S/C21H25ClN6O2/c1-13(2)10-17(29)27-9-5-7-15(11-27)19-23-20-18(21(30)24-19)25-26-28(20)12-14-6-3-4-8-16(14)22/h3-4,6,8,13,15H,5,7,9-12H2,1-2H3,(H,23,24,30)/t15-/m0/s1. The lowest BCUT2D eigenvalue weighted by atomic mass is 9.96. The van der Waals surface area contributed by atoms with Gasteiger partial charge in [0.2, 0.25) is 5.91 Å². The van der Waals surface area contributed by atoms with Gasteiger partial charge in [0.15, 0.2) is 11.2 Å². The Labute approximate surface area is 179 Å². The maximum Gasteiger partial charge on any atom is 0.281 e. The molecule has 1 saturated heterocycles. The van der Waals surface area contributed by atoms with E-state index in [1.165, 1.54) is 0 Å². The second-order valence-electron chi connectivity index (χ2n) is 8.24. The van der Waals surface area contributed by atoms with Crippen LogP contribution in [0.5, 0.6) is 0 Å². The van der Waals surface area contributed by atoms with Gasteiger partial charge in [0.1, 0.15) is 5.82 Å². The van der Waals surface area contributed by atoms with Crippen LogP contribution in [0.15, 0.2) is 29.1 Å². The molecule has 2 aromatic heterocycles. The van der Waals surface area contributed by atoms with Crippen LogP contribution in [0.2, 0.25) is 5.02 Å². The summed E-state index contributed by atoms with van der Waals surface area (Å²) in [5, 5.41) is 8.74. The quantitative estimate of drug-likeness (QED) is 0.673. The van der Waals surface area contributed by atoms with Crippen LogP contribution < -0.4 is 5.56 Å². The molecule has 1 N–H and O–H groups in total. The summed E-state index contributed by atoms with van der Waals surface area (Å²) in [6.45, 7) is 5.77. The predicted octanol–water partition coefficient (Wildman–Crippen LogP) is 2.97. The fraction of sp³-hybridized carbons (Fsp3) is 0.476. The minimum Gasteiger partial charge on any atom is -0.342 e. The highest BCUT2D eigenvalue weighted by Gasteiger charge is 2.27. The topological polar surface area (TPSA) is 96.8 Å². The van der Waals surface area contributed by atoms with Crippen molar-refractivity contribution in [2.45, 2.75) is 45.6 Å². The van der Waals surface area contributed by atoms with Gasteiger partial charge in [-0.05, 0) is 30.4 Å². The Bertz CT molecular complexity index is 1120. The van der Waals surface area contributed by atoms with Gasteiger partial charge in [-0.15, -0.1) is 5.10 Å². The van der Waals surface area contributed by atoms with Crippen molar-refractivity contribution in [3.63, 3.8) is 0 Å². The highest BCUT2D eigenvalue weighted by molar-refractivity contribution is 6.31. The van der Waals surface area contributed by atoms with Gasteiger partial charge in [0.05, 0.1) is 6.54 Å². The van der Waals surface area contributed by atoms with Crippen LogP contribution in [0.25, 0.3) is 11.2 Å². The molecule has 0 spiro atoms. The number of likely N-dealkylation sites (tertiary alicyclic amines) is 1. The Kier molecular flexibility index (Phi) is 5.85. The predicted molar refractivity (Wildman–Crippen MR) is 115 cm³/mol. The molecule has 0 bridgehead atoms. The van der Waals surface area contributed by atoms with Gasteiger partial charge >= 0.3 is 0 Å². The lowest BCUT2D eigenvalue weighted by Crippen LogP contribution is -2.40. The van der Waals surface area contributed by atoms with Gasteiger partial charge in [0.25, 0.3) is 5.56 Å². The second-order valence-corrected chi connectivity index (χ2v) is 8.65. The zero-order valence-electron chi connectivity index (χ0n) is 17.1. The molecule has 1 aliphatic rings. The van der Waals surface area contributed by atoms with E-state index in [-0.39, 0.29) is 22.9 Å². The van der Waals surface area contributed by atoms with E-state index in [0.29, 0.717) is 41.9 Å². The van der Waals surface area contributed by atoms with E-state index in [0.717, 1.165) is 24.9 Å². The van der Waals surface area contributed by atoms with Crippen LogP contribution >= 0.6 is 11.6 Å². The number of aromatic nitrogens is 5. The van der Waals surface area contributed by atoms with Crippen molar-refractivity contribution < 1.29 is 4.79 Å². The Morgan fingerprint density at radius 1 is 1.33 bits per heavy atom. The SMILES string of the molecule is CC(C)CC(=O)N1CCC[C@H](c2nc3c(nnn3Cc3ccccc3Cl)c(=O)[nH]2)C1. The molecular formula is C21H25ClN6O2. The second kappa shape index (κ2) is 8.55. The summed E-state index contributed by atoms with van der Waals surface area (Å²) in [5.41, 5.74) is 1.19. The number of H-pyrrole nitrogens is 1. The van der Waals surface area contributed by atoms with E-state index in [1.54, 1.807) is 4.68 Å². The normalized spacial score (nSPS) is 17.1. The number of nitrogens with zero attached hydrogens (tertiary/aromatic N) is 5. The number of halogens is 1. The van der Waals surface area contributed by atoms with E-state index in [4.69, 9.17) is 16.6 Å². The fourth-order valence-corrected chi connectivity index (χ4v) is 4.07. The highest BCUT2D eigenvalue weighted by Crippen LogP contribution is 2.26. The number of aromatic amines is 1. The molecule has 1 aliphatic heterocycles. The molecule has 1 atom stereocenters. The Hall–Kier alpha value is -2.74. The van der Waals surface area contributed by atoms with Crippen molar-refractivity contribution in [1.82, 2.24) is 29.9 Å². The van der Waals surface area contributed by atoms with Crippen molar-refractivity contribution in [3.05, 3.63) is 51.0 Å². The highest BCUT2D eigenvalue weighted by atomic mass is 35.5. The molecule has 30 heavy (non-hydrogen) atoms.